The van der Waals surface area contributed by atoms with Gasteiger partial charge in [0, 0.05) is 5.69 Å². The molecule has 2 rings (SSSR count). The fourth-order valence-electron chi connectivity index (χ4n) is 1.74. The molecule has 0 heterocycles. The van der Waals surface area contributed by atoms with E-state index in [1.54, 1.807) is 24.3 Å². The van der Waals surface area contributed by atoms with Gasteiger partial charge in [0.25, 0.3) is 10.1 Å². The number of amides is 1. The molecule has 2 aromatic rings. The first-order valence-electron chi connectivity index (χ1n) is 6.83. The number of benzene rings is 2. The van der Waals surface area contributed by atoms with E-state index in [0.29, 0.717) is 11.3 Å². The summed E-state index contributed by atoms with van der Waals surface area (Å²) in [5.74, 6) is 0. The highest BCUT2D eigenvalue weighted by atomic mass is 32.2. The second kappa shape index (κ2) is 7.75. The molecule has 0 aliphatic rings. The summed E-state index contributed by atoms with van der Waals surface area (Å²) in [6.45, 7) is 0.143. The summed E-state index contributed by atoms with van der Waals surface area (Å²) in [6, 6.07) is 16.0. The largest absolute Gasteiger partial charge is 0.444 e. The molecule has 0 fully saturated rings. The summed E-state index contributed by atoms with van der Waals surface area (Å²) >= 11 is 0. The van der Waals surface area contributed by atoms with Crippen LogP contribution >= 0.6 is 0 Å². The van der Waals surface area contributed by atoms with E-state index in [0.717, 1.165) is 11.8 Å². The minimum Gasteiger partial charge on any atom is -0.444 e. The van der Waals surface area contributed by atoms with E-state index in [2.05, 4.69) is 9.50 Å². The molecule has 0 saturated heterocycles. The lowest BCUT2D eigenvalue weighted by Crippen LogP contribution is -2.13. The van der Waals surface area contributed by atoms with Crippen LogP contribution in [-0.4, -0.2) is 20.8 Å². The van der Waals surface area contributed by atoms with Crippen LogP contribution in [0.3, 0.4) is 0 Å². The highest BCUT2D eigenvalue weighted by molar-refractivity contribution is 7.85. The molecule has 1 N–H and O–H groups in total. The predicted octanol–water partition coefficient (Wildman–Crippen LogP) is 2.91. The number of ether oxygens (including phenoxy) is 1. The normalized spacial score (nSPS) is 11.0. The Kier molecular flexibility index (Phi) is 5.72. The first kappa shape index (κ1) is 17.0. The second-order valence-electron chi connectivity index (χ2n) is 4.85. The first-order chi connectivity index (χ1) is 10.9. The van der Waals surface area contributed by atoms with Crippen LogP contribution in [0.15, 0.2) is 54.6 Å². The van der Waals surface area contributed by atoms with Crippen LogP contribution < -0.4 is 5.32 Å². The highest BCUT2D eigenvalue weighted by Gasteiger charge is 2.05. The fourth-order valence-corrected chi connectivity index (χ4v) is 2.09. The van der Waals surface area contributed by atoms with Crippen molar-refractivity contribution in [2.75, 3.05) is 11.6 Å². The van der Waals surface area contributed by atoms with Crippen LogP contribution in [0.1, 0.15) is 11.1 Å². The summed E-state index contributed by atoms with van der Waals surface area (Å²) in [7, 11) is -3.47. The predicted molar refractivity (Wildman–Crippen MR) is 86.3 cm³/mol. The zero-order valence-corrected chi connectivity index (χ0v) is 13.4. The summed E-state index contributed by atoms with van der Waals surface area (Å²) < 4.78 is 31.6. The lowest BCUT2D eigenvalue weighted by Gasteiger charge is -2.08. The average Bonchev–Trinajstić information content (AvgIpc) is 2.53. The zero-order chi connectivity index (χ0) is 16.7. The molecule has 0 aliphatic carbocycles. The molecule has 0 aliphatic heterocycles. The number of carbonyl (C=O) groups is 1. The number of carbonyl (C=O) groups excluding carboxylic acids is 1. The van der Waals surface area contributed by atoms with Gasteiger partial charge >= 0.3 is 6.09 Å². The minimum atomic E-state index is -3.47. The van der Waals surface area contributed by atoms with E-state index in [-0.39, 0.29) is 13.2 Å². The van der Waals surface area contributed by atoms with E-state index in [1.165, 1.54) is 0 Å². The van der Waals surface area contributed by atoms with Gasteiger partial charge in [-0.25, -0.2) is 4.79 Å². The van der Waals surface area contributed by atoms with E-state index >= 15 is 0 Å². The standard InChI is InChI=1S/C16H17NO5S/c1-23(19,20)22-12-14-7-9-15(10-8-14)17-16(18)21-11-13-5-3-2-4-6-13/h2-10H,11-12H2,1H3,(H,17,18). The Bertz CT molecular complexity index is 742. The Hall–Kier alpha value is -2.38. The highest BCUT2D eigenvalue weighted by Crippen LogP contribution is 2.12. The average molecular weight is 335 g/mol. The maximum Gasteiger partial charge on any atom is 0.411 e. The van der Waals surface area contributed by atoms with Crippen molar-refractivity contribution in [2.45, 2.75) is 13.2 Å². The smallest absolute Gasteiger partial charge is 0.411 e. The van der Waals surface area contributed by atoms with E-state index < -0.39 is 16.2 Å². The van der Waals surface area contributed by atoms with Crippen molar-refractivity contribution in [1.29, 1.82) is 0 Å². The van der Waals surface area contributed by atoms with Gasteiger partial charge in [0.05, 0.1) is 12.9 Å². The van der Waals surface area contributed by atoms with Crippen LogP contribution in [0.25, 0.3) is 0 Å². The van der Waals surface area contributed by atoms with Crippen molar-refractivity contribution < 1.29 is 22.1 Å². The Morgan fingerprint density at radius 2 is 1.57 bits per heavy atom. The molecule has 0 aromatic heterocycles. The van der Waals surface area contributed by atoms with E-state index in [1.807, 2.05) is 30.3 Å². The van der Waals surface area contributed by atoms with Gasteiger partial charge in [-0.05, 0) is 23.3 Å². The molecular weight excluding hydrogens is 318 g/mol. The summed E-state index contributed by atoms with van der Waals surface area (Å²) in [6.07, 6.45) is 0.431. The molecule has 0 saturated carbocycles. The molecule has 6 nitrogen and oxygen atoms in total. The first-order valence-corrected chi connectivity index (χ1v) is 8.65. The van der Waals surface area contributed by atoms with Gasteiger partial charge in [0.1, 0.15) is 6.61 Å². The van der Waals surface area contributed by atoms with Gasteiger partial charge in [-0.15, -0.1) is 0 Å². The van der Waals surface area contributed by atoms with Gasteiger partial charge in [-0.3, -0.25) is 9.50 Å². The van der Waals surface area contributed by atoms with Crippen LogP contribution in [0.2, 0.25) is 0 Å². The van der Waals surface area contributed by atoms with Crippen molar-refractivity contribution in [3.63, 3.8) is 0 Å². The molecule has 7 heteroatoms. The van der Waals surface area contributed by atoms with Gasteiger partial charge in [-0.2, -0.15) is 8.42 Å². The van der Waals surface area contributed by atoms with Crippen molar-refractivity contribution in [3.8, 4) is 0 Å². The molecular formula is C16H17NO5S. The molecule has 0 atom stereocenters. The summed E-state index contributed by atoms with van der Waals surface area (Å²) in [4.78, 5) is 11.7. The van der Waals surface area contributed by atoms with Crippen molar-refractivity contribution in [2.24, 2.45) is 0 Å². The van der Waals surface area contributed by atoms with Crippen LogP contribution in [-0.2, 0) is 32.3 Å². The third-order valence-electron chi connectivity index (χ3n) is 2.85. The van der Waals surface area contributed by atoms with Crippen LogP contribution in [0.4, 0.5) is 10.5 Å². The van der Waals surface area contributed by atoms with Gasteiger partial charge in [0.15, 0.2) is 0 Å². The molecule has 122 valence electrons. The molecule has 1 amide bonds. The number of hydrogen-bond acceptors (Lipinski definition) is 5. The molecule has 0 unspecified atom stereocenters. The molecule has 0 radical (unpaired) electrons. The Morgan fingerprint density at radius 3 is 2.17 bits per heavy atom. The summed E-state index contributed by atoms with van der Waals surface area (Å²) in [5.41, 5.74) is 2.13. The van der Waals surface area contributed by atoms with Crippen molar-refractivity contribution >= 4 is 21.9 Å². The minimum absolute atomic E-state index is 0.0441. The fraction of sp³-hybridized carbons (Fsp3) is 0.188. The number of hydrogen-bond donors (Lipinski definition) is 1. The Balaban J connectivity index is 1.82. The van der Waals surface area contributed by atoms with E-state index in [4.69, 9.17) is 4.74 Å². The zero-order valence-electron chi connectivity index (χ0n) is 12.6. The Morgan fingerprint density at radius 1 is 0.957 bits per heavy atom. The number of anilines is 1. The van der Waals surface area contributed by atoms with Crippen LogP contribution in [0.5, 0.6) is 0 Å². The monoisotopic (exact) mass is 335 g/mol. The molecule has 0 spiro atoms. The third kappa shape index (κ3) is 6.50. The van der Waals surface area contributed by atoms with Crippen LogP contribution in [0, 0.1) is 0 Å². The molecule has 0 bridgehead atoms. The van der Waals surface area contributed by atoms with Gasteiger partial charge in [-0.1, -0.05) is 42.5 Å². The lowest BCUT2D eigenvalue weighted by molar-refractivity contribution is 0.155. The van der Waals surface area contributed by atoms with Gasteiger partial charge < -0.3 is 4.74 Å². The second-order valence-corrected chi connectivity index (χ2v) is 6.49. The third-order valence-corrected chi connectivity index (χ3v) is 3.40. The SMILES string of the molecule is CS(=O)(=O)OCc1ccc(NC(=O)OCc2ccccc2)cc1. The number of rotatable bonds is 6. The topological polar surface area (TPSA) is 81.7 Å². The summed E-state index contributed by atoms with van der Waals surface area (Å²) in [5, 5.41) is 2.59. The van der Waals surface area contributed by atoms with Crippen molar-refractivity contribution in [3.05, 3.63) is 65.7 Å². The maximum atomic E-state index is 11.7. The maximum absolute atomic E-state index is 11.7. The molecule has 2 aromatic carbocycles. The van der Waals surface area contributed by atoms with Crippen molar-refractivity contribution in [1.82, 2.24) is 0 Å². The Labute approximate surface area is 135 Å². The lowest BCUT2D eigenvalue weighted by atomic mass is 10.2. The van der Waals surface area contributed by atoms with Gasteiger partial charge in [0.2, 0.25) is 0 Å². The quantitative estimate of drug-likeness (QED) is 0.821. The number of nitrogens with one attached hydrogen (secondary N) is 1. The molecule has 23 heavy (non-hydrogen) atoms. The van der Waals surface area contributed by atoms with E-state index in [9.17, 15) is 13.2 Å².